The van der Waals surface area contributed by atoms with Crippen molar-refractivity contribution in [3.63, 3.8) is 0 Å². The van der Waals surface area contributed by atoms with Gasteiger partial charge in [-0.3, -0.25) is 4.79 Å². The maximum absolute atomic E-state index is 12.8. The molecule has 0 radical (unpaired) electrons. The Balaban J connectivity index is 2.62. The molecular weight excluding hydrogens is 285 g/mol. The van der Waals surface area contributed by atoms with Crippen LogP contribution in [0.5, 0.6) is 5.75 Å². The lowest BCUT2D eigenvalue weighted by atomic mass is 10.2. The van der Waals surface area contributed by atoms with Crippen LogP contribution in [-0.2, 0) is 11.0 Å². The van der Waals surface area contributed by atoms with Crippen molar-refractivity contribution >= 4 is 5.91 Å². The second-order valence-corrected chi connectivity index (χ2v) is 4.54. The Morgan fingerprint density at radius 3 is 2.62 bits per heavy atom. The number of amides is 1. The number of rotatable bonds is 7. The van der Waals surface area contributed by atoms with E-state index in [-0.39, 0.29) is 5.75 Å². The smallest absolute Gasteiger partial charge is 0.419 e. The van der Waals surface area contributed by atoms with E-state index in [2.05, 4.69) is 5.32 Å². The van der Waals surface area contributed by atoms with Gasteiger partial charge in [-0.1, -0.05) is 12.1 Å². The Kier molecular flexibility index (Phi) is 6.48. The average Bonchev–Trinajstić information content (AvgIpc) is 2.42. The predicted molar refractivity (Wildman–Crippen MR) is 72.8 cm³/mol. The Labute approximate surface area is 121 Å². The summed E-state index contributed by atoms with van der Waals surface area (Å²) in [5.74, 6) is -0.807. The van der Waals surface area contributed by atoms with E-state index in [1.54, 1.807) is 0 Å². The number of alkyl halides is 3. The highest BCUT2D eigenvalue weighted by Gasteiger charge is 2.34. The highest BCUT2D eigenvalue weighted by molar-refractivity contribution is 5.80. The van der Waals surface area contributed by atoms with E-state index in [1.165, 1.54) is 25.1 Å². The van der Waals surface area contributed by atoms with E-state index in [9.17, 15) is 18.0 Å². The summed E-state index contributed by atoms with van der Waals surface area (Å²) in [5, 5.41) is 2.59. The second-order valence-electron chi connectivity index (χ2n) is 4.54. The van der Waals surface area contributed by atoms with Crippen LogP contribution in [0.2, 0.25) is 0 Å². The quantitative estimate of drug-likeness (QED) is 0.760. The van der Waals surface area contributed by atoms with Crippen LogP contribution in [0.4, 0.5) is 13.2 Å². The van der Waals surface area contributed by atoms with E-state index < -0.39 is 23.8 Å². The number of unbranched alkanes of at least 4 members (excludes halogenated alkanes) is 1. The number of hydrogen-bond donors (Lipinski definition) is 2. The van der Waals surface area contributed by atoms with E-state index in [4.69, 9.17) is 10.5 Å². The van der Waals surface area contributed by atoms with Crippen LogP contribution >= 0.6 is 0 Å². The zero-order chi connectivity index (χ0) is 15.9. The number of ether oxygens (including phenoxy) is 1. The van der Waals surface area contributed by atoms with E-state index in [0.29, 0.717) is 19.5 Å². The van der Waals surface area contributed by atoms with Crippen LogP contribution in [-0.4, -0.2) is 25.1 Å². The summed E-state index contributed by atoms with van der Waals surface area (Å²) >= 11 is 0. The Hall–Kier alpha value is -1.76. The first-order valence-electron chi connectivity index (χ1n) is 6.67. The number of halogens is 3. The Morgan fingerprint density at radius 1 is 1.33 bits per heavy atom. The van der Waals surface area contributed by atoms with Gasteiger partial charge in [0, 0.05) is 6.54 Å². The molecule has 0 aliphatic heterocycles. The van der Waals surface area contributed by atoms with Crippen molar-refractivity contribution in [2.75, 3.05) is 13.1 Å². The minimum absolute atomic E-state index is 0.352. The molecule has 21 heavy (non-hydrogen) atoms. The zero-order valence-corrected chi connectivity index (χ0v) is 11.7. The molecule has 7 heteroatoms. The molecular formula is C14H19F3N2O2. The molecule has 1 unspecified atom stereocenters. The molecule has 0 aliphatic rings. The van der Waals surface area contributed by atoms with E-state index >= 15 is 0 Å². The molecule has 0 aliphatic carbocycles. The average molecular weight is 304 g/mol. The highest BCUT2D eigenvalue weighted by Crippen LogP contribution is 2.36. The number of nitrogens with two attached hydrogens (primary N) is 1. The maximum atomic E-state index is 12.8. The van der Waals surface area contributed by atoms with Gasteiger partial charge in [-0.2, -0.15) is 13.2 Å². The molecule has 0 saturated heterocycles. The summed E-state index contributed by atoms with van der Waals surface area (Å²) in [6.45, 7) is 2.36. The van der Waals surface area contributed by atoms with Crippen molar-refractivity contribution in [1.82, 2.24) is 5.32 Å². The van der Waals surface area contributed by atoms with Gasteiger partial charge in [-0.25, -0.2) is 0 Å². The molecule has 3 N–H and O–H groups in total. The van der Waals surface area contributed by atoms with Crippen molar-refractivity contribution in [2.24, 2.45) is 5.73 Å². The van der Waals surface area contributed by atoms with Gasteiger partial charge in [0.15, 0.2) is 6.10 Å². The molecule has 1 rings (SSSR count). The molecule has 1 aromatic rings. The molecule has 0 heterocycles. The molecule has 4 nitrogen and oxygen atoms in total. The van der Waals surface area contributed by atoms with Crippen molar-refractivity contribution in [3.8, 4) is 5.75 Å². The summed E-state index contributed by atoms with van der Waals surface area (Å²) in [5.41, 5.74) is 4.43. The van der Waals surface area contributed by atoms with Gasteiger partial charge in [0.05, 0.1) is 5.56 Å². The molecule has 118 valence electrons. The molecule has 0 bridgehead atoms. The minimum Gasteiger partial charge on any atom is -0.480 e. The molecule has 0 aromatic heterocycles. The molecule has 0 saturated carbocycles. The zero-order valence-electron chi connectivity index (χ0n) is 11.7. The normalized spacial score (nSPS) is 12.8. The van der Waals surface area contributed by atoms with E-state index in [0.717, 1.165) is 12.5 Å². The van der Waals surface area contributed by atoms with Crippen molar-refractivity contribution in [2.45, 2.75) is 32.0 Å². The second kappa shape index (κ2) is 7.87. The topological polar surface area (TPSA) is 64.3 Å². The third kappa shape index (κ3) is 5.63. The van der Waals surface area contributed by atoms with Crippen molar-refractivity contribution in [1.29, 1.82) is 0 Å². The van der Waals surface area contributed by atoms with Gasteiger partial charge in [0.1, 0.15) is 5.75 Å². The first-order chi connectivity index (χ1) is 9.86. The lowest BCUT2D eigenvalue weighted by Crippen LogP contribution is -2.37. The summed E-state index contributed by atoms with van der Waals surface area (Å²) in [4.78, 5) is 11.7. The van der Waals surface area contributed by atoms with Crippen LogP contribution in [0.25, 0.3) is 0 Å². The van der Waals surface area contributed by atoms with Crippen LogP contribution in [0.3, 0.4) is 0 Å². The monoisotopic (exact) mass is 304 g/mol. The van der Waals surface area contributed by atoms with Gasteiger partial charge in [-0.05, 0) is 38.4 Å². The third-order valence-corrected chi connectivity index (χ3v) is 2.80. The fourth-order valence-electron chi connectivity index (χ4n) is 1.67. The third-order valence-electron chi connectivity index (χ3n) is 2.80. The first kappa shape index (κ1) is 17.3. The number of hydrogen-bond acceptors (Lipinski definition) is 3. The summed E-state index contributed by atoms with van der Waals surface area (Å²) < 4.78 is 43.5. The van der Waals surface area contributed by atoms with Crippen LogP contribution in [0.15, 0.2) is 24.3 Å². The fourth-order valence-corrected chi connectivity index (χ4v) is 1.67. The van der Waals surface area contributed by atoms with Crippen molar-refractivity contribution < 1.29 is 22.7 Å². The van der Waals surface area contributed by atoms with Crippen LogP contribution < -0.4 is 15.8 Å². The number of para-hydroxylation sites is 1. The first-order valence-corrected chi connectivity index (χ1v) is 6.67. The summed E-state index contributed by atoms with van der Waals surface area (Å²) in [6, 6.07) is 4.81. The fraction of sp³-hybridized carbons (Fsp3) is 0.500. The lowest BCUT2D eigenvalue weighted by molar-refractivity contribution is -0.140. The predicted octanol–water partition coefficient (Wildman–Crippen LogP) is 2.33. The van der Waals surface area contributed by atoms with Gasteiger partial charge in [0.25, 0.3) is 5.91 Å². The highest BCUT2D eigenvalue weighted by atomic mass is 19.4. The maximum Gasteiger partial charge on any atom is 0.419 e. The number of carbonyl (C=O) groups is 1. The lowest BCUT2D eigenvalue weighted by Gasteiger charge is -2.18. The summed E-state index contributed by atoms with van der Waals surface area (Å²) in [6.07, 6.45) is -4.04. The Morgan fingerprint density at radius 2 is 2.00 bits per heavy atom. The molecule has 1 atom stereocenters. The summed E-state index contributed by atoms with van der Waals surface area (Å²) in [7, 11) is 0. The van der Waals surface area contributed by atoms with Gasteiger partial charge in [-0.15, -0.1) is 0 Å². The molecule has 1 amide bonds. The van der Waals surface area contributed by atoms with Crippen LogP contribution in [0.1, 0.15) is 25.3 Å². The van der Waals surface area contributed by atoms with Gasteiger partial charge < -0.3 is 15.8 Å². The Bertz CT molecular complexity index is 464. The largest absolute Gasteiger partial charge is 0.480 e. The molecule has 0 spiro atoms. The molecule has 0 fully saturated rings. The minimum atomic E-state index is -4.52. The van der Waals surface area contributed by atoms with Crippen LogP contribution in [0, 0.1) is 0 Å². The van der Waals surface area contributed by atoms with Gasteiger partial charge in [0.2, 0.25) is 0 Å². The molecule has 1 aromatic carbocycles. The SMILES string of the molecule is CC(Oc1ccccc1C(F)(F)F)C(=O)NCCCCN. The van der Waals surface area contributed by atoms with Gasteiger partial charge >= 0.3 is 6.18 Å². The standard InChI is InChI=1S/C14H19F3N2O2/c1-10(13(20)19-9-5-4-8-18)21-12-7-3-2-6-11(12)14(15,16)17/h2-3,6-7,10H,4-5,8-9,18H2,1H3,(H,19,20). The van der Waals surface area contributed by atoms with E-state index in [1.807, 2.05) is 0 Å². The number of benzene rings is 1. The number of nitrogens with one attached hydrogen (secondary N) is 1. The van der Waals surface area contributed by atoms with Crippen molar-refractivity contribution in [3.05, 3.63) is 29.8 Å². The number of carbonyl (C=O) groups excluding carboxylic acids is 1.